The number of nitrogens with one attached hydrogen (secondary N) is 2. The van der Waals surface area contributed by atoms with E-state index in [1.807, 2.05) is 12.3 Å². The highest BCUT2D eigenvalue weighted by Crippen LogP contribution is 2.19. The summed E-state index contributed by atoms with van der Waals surface area (Å²) in [4.78, 5) is 14.3. The third kappa shape index (κ3) is 1.10. The van der Waals surface area contributed by atoms with E-state index in [9.17, 15) is 4.79 Å². The zero-order valence-electron chi connectivity index (χ0n) is 6.63. The van der Waals surface area contributed by atoms with E-state index in [-0.39, 0.29) is 11.9 Å². The molecule has 64 valence electrons. The zero-order valence-corrected chi connectivity index (χ0v) is 6.63. The molecule has 1 atom stereocenters. The molecule has 1 aliphatic rings. The van der Waals surface area contributed by atoms with Crippen LogP contribution >= 0.6 is 0 Å². The van der Waals surface area contributed by atoms with Crippen LogP contribution in [0.25, 0.3) is 0 Å². The molecule has 0 aromatic carbocycles. The summed E-state index contributed by atoms with van der Waals surface area (Å²) in [6.45, 7) is 0. The first-order valence-electron chi connectivity index (χ1n) is 4.00. The number of amides is 1. The summed E-state index contributed by atoms with van der Waals surface area (Å²) in [5, 5.41) is 2.76. The van der Waals surface area contributed by atoms with Crippen LogP contribution in [0.15, 0.2) is 12.3 Å². The lowest BCUT2D eigenvalue weighted by molar-refractivity contribution is -0.117. The van der Waals surface area contributed by atoms with Crippen LogP contribution in [0, 0.1) is 0 Å². The minimum Gasteiger partial charge on any atom is -0.363 e. The number of nitrogens with two attached hydrogens (primary N) is 1. The quantitative estimate of drug-likeness (QED) is 0.515. The predicted octanol–water partition coefficient (Wildman–Crippen LogP) is 0.227. The molecule has 4 nitrogen and oxygen atoms in total. The molecule has 1 aromatic rings. The summed E-state index contributed by atoms with van der Waals surface area (Å²) in [6.07, 6.45) is 3.36. The molecule has 1 unspecified atom stereocenters. The van der Waals surface area contributed by atoms with Gasteiger partial charge >= 0.3 is 0 Å². The van der Waals surface area contributed by atoms with Crippen molar-refractivity contribution < 1.29 is 4.79 Å². The maximum Gasteiger partial charge on any atom is 0.241 e. The van der Waals surface area contributed by atoms with Gasteiger partial charge in [0.25, 0.3) is 0 Å². The molecule has 0 saturated carbocycles. The zero-order chi connectivity index (χ0) is 8.55. The van der Waals surface area contributed by atoms with Crippen molar-refractivity contribution >= 4 is 11.6 Å². The summed E-state index contributed by atoms with van der Waals surface area (Å²) < 4.78 is 0. The van der Waals surface area contributed by atoms with E-state index >= 15 is 0 Å². The first kappa shape index (κ1) is 7.36. The number of aryl methyl sites for hydroxylation is 1. The Morgan fingerprint density at radius 2 is 2.42 bits per heavy atom. The minimum atomic E-state index is -0.370. The van der Waals surface area contributed by atoms with Crippen molar-refractivity contribution in [3.8, 4) is 0 Å². The van der Waals surface area contributed by atoms with E-state index in [4.69, 9.17) is 5.73 Å². The SMILES string of the molecule is NC1CCc2[nH]ccc2NC1=O. The van der Waals surface area contributed by atoms with Gasteiger partial charge in [0.1, 0.15) is 0 Å². The van der Waals surface area contributed by atoms with E-state index in [0.29, 0.717) is 6.42 Å². The fraction of sp³-hybridized carbons (Fsp3) is 0.375. The molecular weight excluding hydrogens is 154 g/mol. The Morgan fingerprint density at radius 3 is 3.25 bits per heavy atom. The van der Waals surface area contributed by atoms with Crippen molar-refractivity contribution in [1.82, 2.24) is 4.98 Å². The van der Waals surface area contributed by atoms with Crippen LogP contribution in [0.3, 0.4) is 0 Å². The van der Waals surface area contributed by atoms with Crippen LogP contribution in [0.5, 0.6) is 0 Å². The van der Waals surface area contributed by atoms with Crippen molar-refractivity contribution in [2.24, 2.45) is 5.73 Å². The maximum absolute atomic E-state index is 11.2. The van der Waals surface area contributed by atoms with Crippen molar-refractivity contribution in [3.05, 3.63) is 18.0 Å². The van der Waals surface area contributed by atoms with Crippen LogP contribution < -0.4 is 11.1 Å². The second-order valence-electron chi connectivity index (χ2n) is 3.00. The average Bonchev–Trinajstić information content (AvgIpc) is 2.43. The van der Waals surface area contributed by atoms with E-state index in [1.54, 1.807) is 0 Å². The Hall–Kier alpha value is -1.29. The van der Waals surface area contributed by atoms with Crippen LogP contribution in [0.1, 0.15) is 12.1 Å². The number of aromatic amines is 1. The molecular formula is C8H11N3O. The molecule has 4 N–H and O–H groups in total. The van der Waals surface area contributed by atoms with Gasteiger partial charge in [-0.3, -0.25) is 4.79 Å². The Kier molecular flexibility index (Phi) is 1.62. The molecule has 4 heteroatoms. The minimum absolute atomic E-state index is 0.0895. The number of carbonyl (C=O) groups is 1. The number of H-pyrrole nitrogens is 1. The van der Waals surface area contributed by atoms with Gasteiger partial charge in [-0.2, -0.15) is 0 Å². The Bertz CT molecular complexity index is 305. The molecule has 0 fully saturated rings. The van der Waals surface area contributed by atoms with Gasteiger partial charge in [0.2, 0.25) is 5.91 Å². The van der Waals surface area contributed by atoms with E-state index in [2.05, 4.69) is 10.3 Å². The first-order chi connectivity index (χ1) is 5.77. The van der Waals surface area contributed by atoms with Gasteiger partial charge in [0.15, 0.2) is 0 Å². The number of hydrogen-bond donors (Lipinski definition) is 3. The van der Waals surface area contributed by atoms with Gasteiger partial charge in [-0.15, -0.1) is 0 Å². The van der Waals surface area contributed by atoms with Gasteiger partial charge in [-0.25, -0.2) is 0 Å². The van der Waals surface area contributed by atoms with Crippen molar-refractivity contribution in [2.45, 2.75) is 18.9 Å². The van der Waals surface area contributed by atoms with E-state index in [1.165, 1.54) is 0 Å². The Labute approximate surface area is 70.1 Å². The molecule has 1 amide bonds. The number of hydrogen-bond acceptors (Lipinski definition) is 2. The van der Waals surface area contributed by atoms with Crippen molar-refractivity contribution in [1.29, 1.82) is 0 Å². The predicted molar refractivity (Wildman–Crippen MR) is 45.7 cm³/mol. The molecule has 1 aliphatic heterocycles. The summed E-state index contributed by atoms with van der Waals surface area (Å²) >= 11 is 0. The number of rotatable bonds is 0. The highest BCUT2D eigenvalue weighted by Gasteiger charge is 2.19. The third-order valence-electron chi connectivity index (χ3n) is 2.13. The van der Waals surface area contributed by atoms with E-state index in [0.717, 1.165) is 17.8 Å². The number of anilines is 1. The Balaban J connectivity index is 2.30. The summed E-state index contributed by atoms with van der Waals surface area (Å²) in [5.74, 6) is -0.0895. The summed E-state index contributed by atoms with van der Waals surface area (Å²) in [5.41, 5.74) is 7.53. The maximum atomic E-state index is 11.2. The van der Waals surface area contributed by atoms with Crippen molar-refractivity contribution in [2.75, 3.05) is 5.32 Å². The van der Waals surface area contributed by atoms with E-state index < -0.39 is 0 Å². The number of carbonyl (C=O) groups excluding carboxylic acids is 1. The number of aromatic nitrogens is 1. The first-order valence-corrected chi connectivity index (χ1v) is 4.00. The molecule has 0 aliphatic carbocycles. The monoisotopic (exact) mass is 165 g/mol. The van der Waals surface area contributed by atoms with Crippen LogP contribution in [0.2, 0.25) is 0 Å². The molecule has 1 aromatic heterocycles. The normalized spacial score (nSPS) is 22.8. The molecule has 2 heterocycles. The fourth-order valence-electron chi connectivity index (χ4n) is 1.38. The molecule has 2 rings (SSSR count). The molecule has 0 bridgehead atoms. The van der Waals surface area contributed by atoms with Crippen LogP contribution in [0.4, 0.5) is 5.69 Å². The van der Waals surface area contributed by atoms with Gasteiger partial charge in [0.05, 0.1) is 11.7 Å². The third-order valence-corrected chi connectivity index (χ3v) is 2.13. The lowest BCUT2D eigenvalue weighted by Gasteiger charge is -2.04. The van der Waals surface area contributed by atoms with Crippen LogP contribution in [-0.4, -0.2) is 16.9 Å². The largest absolute Gasteiger partial charge is 0.363 e. The lowest BCUT2D eigenvalue weighted by Crippen LogP contribution is -2.34. The standard InChI is InChI=1S/C8H11N3O/c9-5-1-2-6-7(3-4-10-6)11-8(5)12/h3-5,10H,1-2,9H2,(H,11,12). The molecule has 0 radical (unpaired) electrons. The highest BCUT2D eigenvalue weighted by atomic mass is 16.2. The number of fused-ring (bicyclic) bond motifs is 1. The smallest absolute Gasteiger partial charge is 0.241 e. The highest BCUT2D eigenvalue weighted by molar-refractivity contribution is 5.95. The average molecular weight is 165 g/mol. The van der Waals surface area contributed by atoms with Gasteiger partial charge in [-0.05, 0) is 18.9 Å². The molecule has 0 spiro atoms. The van der Waals surface area contributed by atoms with Gasteiger partial charge in [-0.1, -0.05) is 0 Å². The fourth-order valence-corrected chi connectivity index (χ4v) is 1.38. The lowest BCUT2D eigenvalue weighted by atomic mass is 10.1. The summed E-state index contributed by atoms with van der Waals surface area (Å²) in [7, 11) is 0. The van der Waals surface area contributed by atoms with Crippen molar-refractivity contribution in [3.63, 3.8) is 0 Å². The van der Waals surface area contributed by atoms with Gasteiger partial charge < -0.3 is 16.0 Å². The summed E-state index contributed by atoms with van der Waals surface area (Å²) in [6, 6.07) is 1.48. The second kappa shape index (κ2) is 2.64. The van der Waals surface area contributed by atoms with Gasteiger partial charge in [0, 0.05) is 11.9 Å². The second-order valence-corrected chi connectivity index (χ2v) is 3.00. The van der Waals surface area contributed by atoms with Crippen LogP contribution in [-0.2, 0) is 11.2 Å². The molecule has 0 saturated heterocycles. The Morgan fingerprint density at radius 1 is 1.58 bits per heavy atom. The molecule has 12 heavy (non-hydrogen) atoms. The topological polar surface area (TPSA) is 70.9 Å².